The SMILES string of the molecule is COC(C)(C)C(Br)CC[C@@H](C)[C@H]1CC[C@@]2(C)[C@@H]3C(=O)[C@@H]4C(C)(C)[C@@]45C(=O)CC[C@H]5[C@]3(C)[C@@H](OC(C)=O)C[C@]12C. The van der Waals surface area contributed by atoms with Crippen molar-refractivity contribution in [2.75, 3.05) is 7.11 Å². The lowest BCUT2D eigenvalue weighted by Crippen LogP contribution is -2.67. The number of carbonyl (C=O) groups is 3. The quantitative estimate of drug-likeness (QED) is 0.227. The van der Waals surface area contributed by atoms with Gasteiger partial charge in [0.25, 0.3) is 0 Å². The number of halogens is 1. The number of ether oxygens (including phenoxy) is 2. The van der Waals surface area contributed by atoms with E-state index in [2.05, 4.69) is 71.3 Å². The van der Waals surface area contributed by atoms with Gasteiger partial charge in [0.15, 0.2) is 0 Å². The van der Waals surface area contributed by atoms with Gasteiger partial charge in [-0.25, -0.2) is 0 Å². The van der Waals surface area contributed by atoms with Crippen molar-refractivity contribution in [2.24, 2.45) is 56.7 Å². The van der Waals surface area contributed by atoms with E-state index in [1.807, 2.05) is 0 Å². The molecule has 0 saturated heterocycles. The molecular weight excluding hydrogens is 556 g/mol. The van der Waals surface area contributed by atoms with Crippen LogP contribution in [0, 0.1) is 56.7 Å². The molecule has 0 radical (unpaired) electrons. The number of esters is 1. The molecule has 1 spiro atoms. The number of ketones is 2. The van der Waals surface area contributed by atoms with E-state index in [1.165, 1.54) is 6.92 Å². The van der Waals surface area contributed by atoms with Crippen molar-refractivity contribution >= 4 is 33.5 Å². The average molecular weight is 608 g/mol. The third kappa shape index (κ3) is 3.48. The molecule has 5 saturated carbocycles. The molecule has 0 aromatic heterocycles. The molecule has 220 valence electrons. The molecular formula is C33H51BrO5. The molecule has 0 N–H and O–H groups in total. The zero-order valence-electron chi connectivity index (χ0n) is 25.9. The largest absolute Gasteiger partial charge is 0.462 e. The molecule has 1 unspecified atom stereocenters. The standard InChI is InChI=1S/C33H51BrO5/c1-18(11-13-22(34)29(5,6)38-10)20-15-16-30(7)27-25(37)26-28(3,4)33(26)21(12-14-23(33)36)32(27,9)24(39-19(2)35)17-31(20,30)8/h18,20-22,24,26-27H,11-17H2,1-10H3/t18-,20-,21+,22?,24+,26-,27+,30+,31-,32-,33+/m1/s1. The summed E-state index contributed by atoms with van der Waals surface area (Å²) in [6.07, 6.45) is 5.97. The lowest BCUT2D eigenvalue weighted by molar-refractivity contribution is -0.226. The third-order valence-electron chi connectivity index (χ3n) is 14.0. The van der Waals surface area contributed by atoms with E-state index in [1.54, 1.807) is 7.11 Å². The van der Waals surface area contributed by atoms with Crippen LogP contribution in [0.3, 0.4) is 0 Å². The second-order valence-electron chi connectivity index (χ2n) is 15.9. The number of methoxy groups -OCH3 is 1. The van der Waals surface area contributed by atoms with Crippen LogP contribution in [0.2, 0.25) is 0 Å². The number of rotatable bonds is 7. The highest BCUT2D eigenvalue weighted by Gasteiger charge is 2.90. The van der Waals surface area contributed by atoms with Crippen molar-refractivity contribution in [3.63, 3.8) is 0 Å². The highest BCUT2D eigenvalue weighted by atomic mass is 79.9. The molecule has 6 heteroatoms. The van der Waals surface area contributed by atoms with Gasteiger partial charge in [0.05, 0.1) is 5.60 Å². The van der Waals surface area contributed by atoms with Crippen molar-refractivity contribution in [3.8, 4) is 0 Å². The summed E-state index contributed by atoms with van der Waals surface area (Å²) in [5.41, 5.74) is -1.97. The summed E-state index contributed by atoms with van der Waals surface area (Å²) in [7, 11) is 1.77. The molecule has 0 bridgehead atoms. The van der Waals surface area contributed by atoms with Crippen LogP contribution in [0.25, 0.3) is 0 Å². The maximum absolute atomic E-state index is 14.7. The van der Waals surface area contributed by atoms with Gasteiger partial charge in [-0.2, -0.15) is 0 Å². The Kier molecular flexibility index (Phi) is 6.77. The Balaban J connectivity index is 1.54. The van der Waals surface area contributed by atoms with Gasteiger partial charge < -0.3 is 9.47 Å². The summed E-state index contributed by atoms with van der Waals surface area (Å²) in [5.74, 6) is 0.892. The highest BCUT2D eigenvalue weighted by molar-refractivity contribution is 9.09. The Hall–Kier alpha value is -0.750. The molecule has 11 atom stereocenters. The molecule has 5 aliphatic rings. The van der Waals surface area contributed by atoms with Crippen LogP contribution >= 0.6 is 15.9 Å². The summed E-state index contributed by atoms with van der Waals surface area (Å²) >= 11 is 3.88. The molecule has 5 fully saturated rings. The Morgan fingerprint density at radius 2 is 1.69 bits per heavy atom. The van der Waals surface area contributed by atoms with E-state index in [0.29, 0.717) is 18.3 Å². The Bertz CT molecular complexity index is 1080. The molecule has 0 amide bonds. The van der Waals surface area contributed by atoms with Gasteiger partial charge in [-0.05, 0) is 86.4 Å². The predicted octanol–water partition coefficient (Wildman–Crippen LogP) is 7.18. The normalized spacial score (nSPS) is 47.5. The predicted molar refractivity (Wildman–Crippen MR) is 155 cm³/mol. The van der Waals surface area contributed by atoms with Crippen LogP contribution < -0.4 is 0 Å². The van der Waals surface area contributed by atoms with Crippen molar-refractivity contribution in [3.05, 3.63) is 0 Å². The maximum atomic E-state index is 14.7. The third-order valence-corrected chi connectivity index (χ3v) is 15.5. The number of hydrogen-bond acceptors (Lipinski definition) is 5. The summed E-state index contributed by atoms with van der Waals surface area (Å²) in [6.45, 7) is 19.4. The summed E-state index contributed by atoms with van der Waals surface area (Å²) in [6, 6.07) is 0. The minimum Gasteiger partial charge on any atom is -0.462 e. The van der Waals surface area contributed by atoms with Gasteiger partial charge in [-0.1, -0.05) is 57.5 Å². The topological polar surface area (TPSA) is 69.7 Å². The first-order valence-corrected chi connectivity index (χ1v) is 16.2. The molecule has 0 heterocycles. The van der Waals surface area contributed by atoms with Crippen molar-refractivity contribution in [1.82, 2.24) is 0 Å². The molecule has 39 heavy (non-hydrogen) atoms. The van der Waals surface area contributed by atoms with Gasteiger partial charge in [0.2, 0.25) is 0 Å². The number of alkyl halides is 1. The van der Waals surface area contributed by atoms with Gasteiger partial charge in [-0.3, -0.25) is 14.4 Å². The zero-order valence-corrected chi connectivity index (χ0v) is 27.5. The van der Waals surface area contributed by atoms with E-state index in [4.69, 9.17) is 9.47 Å². The van der Waals surface area contributed by atoms with Crippen molar-refractivity contribution in [1.29, 1.82) is 0 Å². The lowest BCUT2D eigenvalue weighted by Gasteiger charge is -2.65. The number of Topliss-reactive ketones (excluding diaryl/α,β-unsaturated/α-hetero) is 2. The minimum atomic E-state index is -0.567. The second kappa shape index (κ2) is 8.88. The molecule has 5 rings (SSSR count). The Labute approximate surface area is 244 Å². The number of hydrogen-bond donors (Lipinski definition) is 0. The van der Waals surface area contributed by atoms with Crippen molar-refractivity contribution < 1.29 is 23.9 Å². The first-order chi connectivity index (χ1) is 17.9. The fraction of sp³-hybridized carbons (Fsp3) is 0.909. The van der Waals surface area contributed by atoms with Crippen LogP contribution in [0.5, 0.6) is 0 Å². The first-order valence-electron chi connectivity index (χ1n) is 15.3. The van der Waals surface area contributed by atoms with Crippen LogP contribution in [0.1, 0.15) is 107 Å². The second-order valence-corrected chi connectivity index (χ2v) is 17.0. The molecule has 5 aliphatic carbocycles. The van der Waals surface area contributed by atoms with Gasteiger partial charge >= 0.3 is 5.97 Å². The molecule has 5 nitrogen and oxygen atoms in total. The van der Waals surface area contributed by atoms with E-state index in [9.17, 15) is 14.4 Å². The maximum Gasteiger partial charge on any atom is 0.302 e. The zero-order chi connectivity index (χ0) is 29.1. The van der Waals surface area contributed by atoms with Crippen LogP contribution in [-0.4, -0.2) is 41.2 Å². The van der Waals surface area contributed by atoms with Gasteiger partial charge in [-0.15, -0.1) is 0 Å². The number of fused-ring (bicyclic) bond motifs is 4. The van der Waals surface area contributed by atoms with Gasteiger partial charge in [0.1, 0.15) is 17.7 Å². The monoisotopic (exact) mass is 606 g/mol. The Morgan fingerprint density at radius 3 is 2.28 bits per heavy atom. The molecule has 0 aromatic carbocycles. The Morgan fingerprint density at radius 1 is 1.05 bits per heavy atom. The van der Waals surface area contributed by atoms with E-state index < -0.39 is 10.8 Å². The van der Waals surface area contributed by atoms with Crippen LogP contribution in [0.4, 0.5) is 0 Å². The molecule has 0 aliphatic heterocycles. The summed E-state index contributed by atoms with van der Waals surface area (Å²) < 4.78 is 12.0. The lowest BCUT2D eigenvalue weighted by atomic mass is 9.38. The summed E-state index contributed by atoms with van der Waals surface area (Å²) in [5, 5.41) is 0. The first kappa shape index (κ1) is 29.7. The van der Waals surface area contributed by atoms with Crippen LogP contribution in [0.15, 0.2) is 0 Å². The number of carbonyl (C=O) groups excluding carboxylic acids is 3. The van der Waals surface area contributed by atoms with E-state index >= 15 is 0 Å². The smallest absolute Gasteiger partial charge is 0.302 e. The highest BCUT2D eigenvalue weighted by Crippen LogP contribution is 2.86. The fourth-order valence-electron chi connectivity index (χ4n) is 11.7. The van der Waals surface area contributed by atoms with E-state index in [0.717, 1.165) is 38.5 Å². The van der Waals surface area contributed by atoms with Crippen LogP contribution in [-0.2, 0) is 23.9 Å². The fourth-order valence-corrected chi connectivity index (χ4v) is 12.1. The minimum absolute atomic E-state index is 0.0906. The van der Waals surface area contributed by atoms with Crippen molar-refractivity contribution in [2.45, 2.75) is 124 Å². The molecule has 0 aromatic rings. The summed E-state index contributed by atoms with van der Waals surface area (Å²) in [4.78, 5) is 41.1. The average Bonchev–Trinajstić information content (AvgIpc) is 3.03. The van der Waals surface area contributed by atoms with E-state index in [-0.39, 0.29) is 68.1 Å². The van der Waals surface area contributed by atoms with Gasteiger partial charge in [0, 0.05) is 47.9 Å².